The Labute approximate surface area is 87.3 Å². The SMILES string of the molecule is CN(C)[C@@]1(O)C[C@H]2CC[C@]1(C)C2(C)C. The van der Waals surface area contributed by atoms with Crippen molar-refractivity contribution in [1.82, 2.24) is 4.90 Å². The van der Waals surface area contributed by atoms with Gasteiger partial charge in [-0.25, -0.2) is 0 Å². The number of fused-ring (bicyclic) bond motifs is 2. The van der Waals surface area contributed by atoms with Gasteiger partial charge in [0.2, 0.25) is 0 Å². The second-order valence-electron chi connectivity index (χ2n) is 6.20. The van der Waals surface area contributed by atoms with E-state index in [0.717, 1.165) is 6.42 Å². The van der Waals surface area contributed by atoms with Crippen LogP contribution in [0.15, 0.2) is 0 Å². The summed E-state index contributed by atoms with van der Waals surface area (Å²) < 4.78 is 0. The topological polar surface area (TPSA) is 23.5 Å². The quantitative estimate of drug-likeness (QED) is 0.651. The molecule has 2 aliphatic rings. The molecule has 0 aromatic heterocycles. The normalized spacial score (nSPS) is 50.4. The lowest BCUT2D eigenvalue weighted by atomic mass is 9.67. The molecule has 3 atom stereocenters. The van der Waals surface area contributed by atoms with E-state index < -0.39 is 5.72 Å². The van der Waals surface area contributed by atoms with Crippen molar-refractivity contribution in [2.24, 2.45) is 16.7 Å². The first-order valence-electron chi connectivity index (χ1n) is 5.65. The van der Waals surface area contributed by atoms with Crippen molar-refractivity contribution in [3.8, 4) is 0 Å². The molecule has 0 unspecified atom stereocenters. The van der Waals surface area contributed by atoms with Gasteiger partial charge in [0.05, 0.1) is 0 Å². The second kappa shape index (κ2) is 2.53. The van der Waals surface area contributed by atoms with Crippen LogP contribution in [0, 0.1) is 16.7 Å². The third-order valence-electron chi connectivity index (χ3n) is 5.59. The molecule has 0 spiro atoms. The fraction of sp³-hybridized carbons (Fsp3) is 1.00. The van der Waals surface area contributed by atoms with E-state index in [0.29, 0.717) is 5.92 Å². The van der Waals surface area contributed by atoms with Crippen molar-refractivity contribution in [2.75, 3.05) is 14.1 Å². The van der Waals surface area contributed by atoms with Gasteiger partial charge in [0, 0.05) is 5.41 Å². The van der Waals surface area contributed by atoms with Crippen molar-refractivity contribution >= 4 is 0 Å². The van der Waals surface area contributed by atoms with Crippen molar-refractivity contribution < 1.29 is 5.11 Å². The van der Waals surface area contributed by atoms with Gasteiger partial charge in [0.15, 0.2) is 0 Å². The van der Waals surface area contributed by atoms with Crippen LogP contribution in [0.2, 0.25) is 0 Å². The van der Waals surface area contributed by atoms with Gasteiger partial charge in [-0.05, 0) is 44.7 Å². The minimum absolute atomic E-state index is 0.0637. The average Bonchev–Trinajstić information content (AvgIpc) is 2.36. The zero-order valence-electron chi connectivity index (χ0n) is 10.1. The molecule has 2 nitrogen and oxygen atoms in total. The lowest BCUT2D eigenvalue weighted by molar-refractivity contribution is -0.178. The summed E-state index contributed by atoms with van der Waals surface area (Å²) in [7, 11) is 4.00. The number of rotatable bonds is 1. The van der Waals surface area contributed by atoms with E-state index >= 15 is 0 Å². The largest absolute Gasteiger partial charge is 0.375 e. The van der Waals surface area contributed by atoms with Crippen LogP contribution in [0.5, 0.6) is 0 Å². The first kappa shape index (κ1) is 10.4. The van der Waals surface area contributed by atoms with Crippen molar-refractivity contribution in [1.29, 1.82) is 0 Å². The Balaban J connectivity index is 2.45. The van der Waals surface area contributed by atoms with Gasteiger partial charge in [-0.2, -0.15) is 0 Å². The Morgan fingerprint density at radius 1 is 1.21 bits per heavy atom. The zero-order chi connectivity index (χ0) is 10.8. The zero-order valence-corrected chi connectivity index (χ0v) is 10.1. The second-order valence-corrected chi connectivity index (χ2v) is 6.20. The number of hydrogen-bond acceptors (Lipinski definition) is 2. The van der Waals surface area contributed by atoms with Crippen LogP contribution in [0.3, 0.4) is 0 Å². The molecular formula is C12H23NO. The highest BCUT2D eigenvalue weighted by Crippen LogP contribution is 2.69. The Hall–Kier alpha value is -0.0800. The van der Waals surface area contributed by atoms with Gasteiger partial charge < -0.3 is 5.11 Å². The van der Waals surface area contributed by atoms with Crippen LogP contribution in [0.1, 0.15) is 40.0 Å². The highest BCUT2D eigenvalue weighted by Gasteiger charge is 2.69. The van der Waals surface area contributed by atoms with E-state index in [1.807, 2.05) is 19.0 Å². The van der Waals surface area contributed by atoms with E-state index in [1.54, 1.807) is 0 Å². The van der Waals surface area contributed by atoms with Crippen LogP contribution in [-0.2, 0) is 0 Å². The van der Waals surface area contributed by atoms with Crippen LogP contribution < -0.4 is 0 Å². The Bertz CT molecular complexity index is 261. The highest BCUT2D eigenvalue weighted by atomic mass is 16.3. The van der Waals surface area contributed by atoms with Crippen molar-refractivity contribution in [3.63, 3.8) is 0 Å². The summed E-state index contributed by atoms with van der Waals surface area (Å²) in [5, 5.41) is 10.8. The predicted molar refractivity (Wildman–Crippen MR) is 57.9 cm³/mol. The van der Waals surface area contributed by atoms with Crippen molar-refractivity contribution in [3.05, 3.63) is 0 Å². The number of nitrogens with zero attached hydrogens (tertiary/aromatic N) is 1. The predicted octanol–water partition coefficient (Wildman–Crippen LogP) is 2.08. The molecule has 2 rings (SSSR count). The minimum atomic E-state index is -0.584. The van der Waals surface area contributed by atoms with Gasteiger partial charge in [-0.15, -0.1) is 0 Å². The van der Waals surface area contributed by atoms with Crippen LogP contribution in [-0.4, -0.2) is 29.8 Å². The minimum Gasteiger partial charge on any atom is -0.375 e. The molecule has 0 aromatic carbocycles. The van der Waals surface area contributed by atoms with Gasteiger partial charge in [0.1, 0.15) is 5.72 Å². The summed E-state index contributed by atoms with van der Waals surface area (Å²) >= 11 is 0. The van der Waals surface area contributed by atoms with E-state index in [4.69, 9.17) is 0 Å². The lowest BCUT2D eigenvalue weighted by Crippen LogP contribution is -2.56. The molecule has 0 radical (unpaired) electrons. The van der Waals surface area contributed by atoms with Gasteiger partial charge >= 0.3 is 0 Å². The Morgan fingerprint density at radius 3 is 2.00 bits per heavy atom. The molecule has 0 saturated heterocycles. The molecular weight excluding hydrogens is 174 g/mol. The summed E-state index contributed by atoms with van der Waals surface area (Å²) in [6.45, 7) is 6.91. The van der Waals surface area contributed by atoms with E-state index in [9.17, 15) is 5.11 Å². The molecule has 2 fully saturated rings. The molecule has 2 aliphatic carbocycles. The molecule has 82 valence electrons. The molecule has 2 saturated carbocycles. The first-order chi connectivity index (χ1) is 6.26. The fourth-order valence-electron chi connectivity index (χ4n) is 3.91. The molecule has 1 N–H and O–H groups in total. The Kier molecular flexibility index (Phi) is 1.89. The molecule has 0 amide bonds. The van der Waals surface area contributed by atoms with Crippen LogP contribution in [0.25, 0.3) is 0 Å². The third kappa shape index (κ3) is 0.849. The number of aliphatic hydroxyl groups is 1. The molecule has 2 bridgehead atoms. The fourth-order valence-corrected chi connectivity index (χ4v) is 3.91. The van der Waals surface area contributed by atoms with Crippen LogP contribution >= 0.6 is 0 Å². The summed E-state index contributed by atoms with van der Waals surface area (Å²) in [5.74, 6) is 0.694. The molecule has 0 aliphatic heterocycles. The van der Waals surface area contributed by atoms with Crippen LogP contribution in [0.4, 0.5) is 0 Å². The maximum absolute atomic E-state index is 10.8. The van der Waals surface area contributed by atoms with Crippen molar-refractivity contribution in [2.45, 2.75) is 45.8 Å². The van der Waals surface area contributed by atoms with Gasteiger partial charge in [-0.1, -0.05) is 20.8 Å². The maximum Gasteiger partial charge on any atom is 0.124 e. The average molecular weight is 197 g/mol. The van der Waals surface area contributed by atoms with E-state index in [2.05, 4.69) is 20.8 Å². The molecule has 2 heteroatoms. The summed E-state index contributed by atoms with van der Waals surface area (Å²) in [6.07, 6.45) is 3.41. The monoisotopic (exact) mass is 197 g/mol. The van der Waals surface area contributed by atoms with E-state index in [1.165, 1.54) is 12.8 Å². The first-order valence-corrected chi connectivity index (χ1v) is 5.65. The summed E-state index contributed by atoms with van der Waals surface area (Å²) in [4.78, 5) is 2.02. The lowest BCUT2D eigenvalue weighted by Gasteiger charge is -2.48. The molecule has 0 aromatic rings. The standard InChI is InChI=1S/C12H23NO/c1-10(2)9-6-7-11(10,3)12(14,8-9)13(4)5/h9,14H,6-8H2,1-5H3/t9-,11-,12-/m1/s1. The summed E-state index contributed by atoms with van der Waals surface area (Å²) in [5.41, 5.74) is -0.237. The third-order valence-corrected chi connectivity index (χ3v) is 5.59. The van der Waals surface area contributed by atoms with E-state index in [-0.39, 0.29) is 10.8 Å². The highest BCUT2D eigenvalue weighted by molar-refractivity contribution is 5.16. The van der Waals surface area contributed by atoms with Gasteiger partial charge in [-0.3, -0.25) is 4.90 Å². The molecule has 14 heavy (non-hydrogen) atoms. The van der Waals surface area contributed by atoms with Gasteiger partial charge in [0.25, 0.3) is 0 Å². The number of hydrogen-bond donors (Lipinski definition) is 1. The smallest absolute Gasteiger partial charge is 0.124 e. The summed E-state index contributed by atoms with van der Waals surface area (Å²) in [6, 6.07) is 0. The maximum atomic E-state index is 10.8. The Morgan fingerprint density at radius 2 is 1.79 bits per heavy atom. The molecule has 0 heterocycles.